The van der Waals surface area contributed by atoms with Gasteiger partial charge >= 0.3 is 5.97 Å². The lowest BCUT2D eigenvalue weighted by Crippen LogP contribution is -2.48. The molecule has 1 unspecified atom stereocenters. The molecule has 3 atom stereocenters. The molecule has 3 saturated carbocycles. The molecule has 0 radical (unpaired) electrons. The van der Waals surface area contributed by atoms with Gasteiger partial charge in [0, 0.05) is 34.5 Å². The van der Waals surface area contributed by atoms with E-state index in [0.717, 1.165) is 29.8 Å². The van der Waals surface area contributed by atoms with Crippen LogP contribution in [0.5, 0.6) is 0 Å². The van der Waals surface area contributed by atoms with Crippen molar-refractivity contribution in [3.63, 3.8) is 0 Å². The number of ketones is 1. The lowest BCUT2D eigenvalue weighted by Gasteiger charge is -2.51. The molecule has 29 heavy (non-hydrogen) atoms. The van der Waals surface area contributed by atoms with Gasteiger partial charge in [-0.15, -0.1) is 23.5 Å². The molecule has 0 amide bonds. The van der Waals surface area contributed by atoms with Gasteiger partial charge in [-0.2, -0.15) is 0 Å². The van der Waals surface area contributed by atoms with Crippen molar-refractivity contribution >= 4 is 35.3 Å². The van der Waals surface area contributed by atoms with Crippen LogP contribution >= 0.6 is 23.5 Å². The van der Waals surface area contributed by atoms with E-state index in [1.807, 2.05) is 13.0 Å². The number of ether oxygens (including phenoxy) is 1. The molecule has 0 aromatic carbocycles. The van der Waals surface area contributed by atoms with Crippen LogP contribution in [-0.2, 0) is 9.53 Å². The summed E-state index contributed by atoms with van der Waals surface area (Å²) in [4.78, 5) is 25.6. The number of thioether (sulfide) groups is 2. The first-order chi connectivity index (χ1) is 14.0. The third kappa shape index (κ3) is 3.48. The molecular formula is C23H31NO3S2. The van der Waals surface area contributed by atoms with E-state index in [-0.39, 0.29) is 24.3 Å². The summed E-state index contributed by atoms with van der Waals surface area (Å²) >= 11 is 4.31. The van der Waals surface area contributed by atoms with E-state index in [1.54, 1.807) is 0 Å². The van der Waals surface area contributed by atoms with Crippen molar-refractivity contribution in [2.24, 2.45) is 17.8 Å². The van der Waals surface area contributed by atoms with Crippen molar-refractivity contribution in [1.82, 2.24) is 4.57 Å². The second-order valence-electron chi connectivity index (χ2n) is 9.33. The van der Waals surface area contributed by atoms with Gasteiger partial charge in [0.2, 0.25) is 5.78 Å². The Bertz CT molecular complexity index is 806. The number of nitrogens with zero attached hydrogens (tertiary/aromatic N) is 1. The molecule has 3 aliphatic carbocycles. The smallest absolute Gasteiger partial charge is 0.309 e. The summed E-state index contributed by atoms with van der Waals surface area (Å²) in [6, 6.07) is 2.52. The fourth-order valence-corrected chi connectivity index (χ4v) is 10.0. The van der Waals surface area contributed by atoms with Crippen molar-refractivity contribution in [1.29, 1.82) is 0 Å². The largest absolute Gasteiger partial charge is 0.457 e. The zero-order chi connectivity index (χ0) is 20.2. The average Bonchev–Trinajstić information content (AvgIpc) is 3.32. The second-order valence-corrected chi connectivity index (χ2v) is 12.3. The van der Waals surface area contributed by atoms with Gasteiger partial charge in [-0.05, 0) is 70.3 Å². The summed E-state index contributed by atoms with van der Waals surface area (Å²) in [6.07, 6.45) is 8.06. The topological polar surface area (TPSA) is 48.3 Å². The first kappa shape index (κ1) is 20.0. The summed E-state index contributed by atoms with van der Waals surface area (Å²) < 4.78 is 8.22. The number of hydrogen-bond donors (Lipinski definition) is 0. The van der Waals surface area contributed by atoms with E-state index in [0.29, 0.717) is 22.0 Å². The molecule has 1 saturated heterocycles. The van der Waals surface area contributed by atoms with Crippen LogP contribution in [0, 0.1) is 31.6 Å². The van der Waals surface area contributed by atoms with Gasteiger partial charge in [-0.25, -0.2) is 0 Å². The van der Waals surface area contributed by atoms with Gasteiger partial charge in [-0.1, -0.05) is 6.42 Å². The highest BCUT2D eigenvalue weighted by Crippen LogP contribution is 2.64. The maximum atomic E-state index is 12.9. The Morgan fingerprint density at radius 3 is 2.38 bits per heavy atom. The maximum Gasteiger partial charge on any atom is 0.309 e. The Hall–Kier alpha value is -0.880. The Labute approximate surface area is 181 Å². The predicted octanol–water partition coefficient (Wildman–Crippen LogP) is 5.17. The van der Waals surface area contributed by atoms with E-state index in [2.05, 4.69) is 35.0 Å². The molecular weight excluding hydrogens is 402 g/mol. The highest BCUT2D eigenvalue weighted by molar-refractivity contribution is 8.21. The van der Waals surface area contributed by atoms with Crippen LogP contribution in [0.1, 0.15) is 72.7 Å². The Kier molecular flexibility index (Phi) is 5.30. The monoisotopic (exact) mass is 433 g/mol. The molecule has 158 valence electrons. The van der Waals surface area contributed by atoms with Crippen LogP contribution < -0.4 is 0 Å². The highest BCUT2D eigenvalue weighted by Gasteiger charge is 2.55. The molecule has 6 heteroatoms. The predicted molar refractivity (Wildman–Crippen MR) is 119 cm³/mol. The van der Waals surface area contributed by atoms with E-state index >= 15 is 0 Å². The summed E-state index contributed by atoms with van der Waals surface area (Å²) in [5.74, 6) is 3.52. The fourth-order valence-electron chi connectivity index (χ4n) is 6.09. The van der Waals surface area contributed by atoms with Crippen molar-refractivity contribution in [2.45, 2.75) is 68.9 Å². The van der Waals surface area contributed by atoms with Crippen molar-refractivity contribution in [3.8, 4) is 0 Å². The van der Waals surface area contributed by atoms with E-state index in [9.17, 15) is 9.59 Å². The van der Waals surface area contributed by atoms with Crippen LogP contribution in [-0.4, -0.2) is 38.5 Å². The first-order valence-electron chi connectivity index (χ1n) is 11.2. The van der Waals surface area contributed by atoms with E-state index < -0.39 is 0 Å². The number of carbonyl (C=O) groups is 2. The number of aromatic nitrogens is 1. The van der Waals surface area contributed by atoms with Gasteiger partial charge in [0.15, 0.2) is 6.61 Å². The average molecular weight is 434 g/mol. The first-order valence-corrected chi connectivity index (χ1v) is 13.1. The van der Waals surface area contributed by atoms with Crippen molar-refractivity contribution in [2.75, 3.05) is 18.1 Å². The number of carbonyl (C=O) groups excluding carboxylic acids is 2. The second kappa shape index (κ2) is 7.67. The van der Waals surface area contributed by atoms with Crippen LogP contribution in [0.4, 0.5) is 0 Å². The number of aryl methyl sites for hydroxylation is 1. The molecule has 4 fully saturated rings. The molecule has 2 heterocycles. The highest BCUT2D eigenvalue weighted by atomic mass is 32.2. The lowest BCUT2D eigenvalue weighted by molar-refractivity contribution is -0.150. The summed E-state index contributed by atoms with van der Waals surface area (Å²) in [7, 11) is 0. The van der Waals surface area contributed by atoms with Crippen LogP contribution in [0.25, 0.3) is 0 Å². The third-order valence-corrected chi connectivity index (χ3v) is 11.5. The number of esters is 1. The lowest BCUT2D eigenvalue weighted by atomic mass is 9.67. The fraction of sp³-hybridized carbons (Fsp3) is 0.739. The zero-order valence-corrected chi connectivity index (χ0v) is 19.1. The summed E-state index contributed by atoms with van der Waals surface area (Å²) in [5, 5.41) is 0. The Morgan fingerprint density at radius 2 is 1.76 bits per heavy atom. The number of hydrogen-bond acceptors (Lipinski definition) is 5. The standard InChI is InChI=1S/C23H31NO3S2/c1-14-10-20(15(2)24(14)19-6-7-19)21(25)13-27-22(26)16-11-17-4-3-5-18(12-16)23(17)28-8-9-29-23/h10,16-19H,3-9,11-13H2,1-2H3/t16?,17-,18+. The van der Waals surface area contributed by atoms with E-state index in [4.69, 9.17) is 4.74 Å². The summed E-state index contributed by atoms with van der Waals surface area (Å²) in [6.45, 7) is 3.96. The Balaban J connectivity index is 1.22. The minimum atomic E-state index is -0.144. The molecule has 4 aliphatic rings. The van der Waals surface area contributed by atoms with Crippen molar-refractivity contribution in [3.05, 3.63) is 23.0 Å². The molecule has 1 aromatic rings. The molecule has 0 N–H and O–H groups in total. The quantitative estimate of drug-likeness (QED) is 0.474. The molecule has 1 spiro atoms. The normalized spacial score (nSPS) is 30.5. The molecule has 1 aromatic heterocycles. The van der Waals surface area contributed by atoms with Gasteiger partial charge in [0.25, 0.3) is 0 Å². The van der Waals surface area contributed by atoms with Crippen LogP contribution in [0.2, 0.25) is 0 Å². The minimum absolute atomic E-state index is 0.0237. The number of rotatable bonds is 5. The molecule has 2 bridgehead atoms. The van der Waals surface area contributed by atoms with Gasteiger partial charge in [0.1, 0.15) is 0 Å². The zero-order valence-electron chi connectivity index (χ0n) is 17.4. The molecule has 4 nitrogen and oxygen atoms in total. The van der Waals surface area contributed by atoms with Gasteiger partial charge < -0.3 is 9.30 Å². The molecule has 1 aliphatic heterocycles. The SMILES string of the molecule is Cc1cc(C(=O)COC(=O)C2C[C@H]3CCC[C@@H](C2)C32SCCS2)c(C)n1C1CC1. The van der Waals surface area contributed by atoms with Crippen molar-refractivity contribution < 1.29 is 14.3 Å². The minimum Gasteiger partial charge on any atom is -0.457 e. The third-order valence-electron chi connectivity index (χ3n) is 7.50. The van der Waals surface area contributed by atoms with E-state index in [1.165, 1.54) is 43.6 Å². The number of Topliss-reactive ketones (excluding diaryl/α,β-unsaturated/α-hetero) is 1. The Morgan fingerprint density at radius 1 is 1.10 bits per heavy atom. The summed E-state index contributed by atoms with van der Waals surface area (Å²) in [5.41, 5.74) is 2.88. The van der Waals surface area contributed by atoms with Crippen LogP contribution in [0.15, 0.2) is 6.07 Å². The maximum absolute atomic E-state index is 12.9. The van der Waals surface area contributed by atoms with Gasteiger partial charge in [0.05, 0.1) is 10.00 Å². The molecule has 5 rings (SSSR count). The van der Waals surface area contributed by atoms with Crippen LogP contribution in [0.3, 0.4) is 0 Å². The van der Waals surface area contributed by atoms with Gasteiger partial charge in [-0.3, -0.25) is 9.59 Å².